The van der Waals surface area contributed by atoms with Crippen molar-refractivity contribution in [3.63, 3.8) is 0 Å². The number of halogens is 3. The molecule has 1 fully saturated rings. The maximum absolute atomic E-state index is 12.4. The molecule has 142 valence electrons. The number of benzene rings is 1. The van der Waals surface area contributed by atoms with Crippen molar-refractivity contribution in [3.05, 3.63) is 35.9 Å². The monoisotopic (exact) mass is 370 g/mol. The summed E-state index contributed by atoms with van der Waals surface area (Å²) in [5.74, 6) is -1.38. The lowest BCUT2D eigenvalue weighted by Gasteiger charge is -2.32. The molecule has 2 rings (SSSR count). The average Bonchev–Trinajstić information content (AvgIpc) is 2.64. The molecule has 0 aromatic heterocycles. The van der Waals surface area contributed by atoms with Crippen molar-refractivity contribution >= 4 is 17.9 Å². The van der Waals surface area contributed by atoms with Gasteiger partial charge in [-0.15, -0.1) is 0 Å². The summed E-state index contributed by atoms with van der Waals surface area (Å²) < 4.78 is 42.4. The summed E-state index contributed by atoms with van der Waals surface area (Å²) in [6.45, 7) is 0.467. The topological polar surface area (TPSA) is 58.6 Å². The fourth-order valence-corrected chi connectivity index (χ4v) is 2.79. The van der Waals surface area contributed by atoms with Crippen molar-refractivity contribution in [1.82, 2.24) is 10.2 Å². The maximum atomic E-state index is 12.4. The van der Waals surface area contributed by atoms with E-state index in [0.717, 1.165) is 10.5 Å². The van der Waals surface area contributed by atoms with E-state index in [0.29, 0.717) is 25.1 Å². The van der Waals surface area contributed by atoms with Crippen molar-refractivity contribution in [2.24, 2.45) is 5.92 Å². The number of ether oxygens (including phenoxy) is 1. The van der Waals surface area contributed by atoms with Crippen molar-refractivity contribution in [2.45, 2.75) is 19.0 Å². The maximum Gasteiger partial charge on any atom is 0.471 e. The Morgan fingerprint density at radius 2 is 1.92 bits per heavy atom. The van der Waals surface area contributed by atoms with E-state index in [1.165, 1.54) is 6.08 Å². The molecule has 2 amide bonds. The van der Waals surface area contributed by atoms with Crippen molar-refractivity contribution in [2.75, 3.05) is 26.7 Å². The largest absolute Gasteiger partial charge is 0.496 e. The Morgan fingerprint density at radius 3 is 2.54 bits per heavy atom. The lowest BCUT2D eigenvalue weighted by atomic mass is 9.96. The number of alkyl halides is 3. The summed E-state index contributed by atoms with van der Waals surface area (Å²) >= 11 is 0. The molecule has 0 aliphatic carbocycles. The van der Waals surface area contributed by atoms with E-state index in [9.17, 15) is 22.8 Å². The number of hydrogen-bond donors (Lipinski definition) is 1. The number of nitrogens with zero attached hydrogens (tertiary/aromatic N) is 1. The fraction of sp³-hybridized carbons (Fsp3) is 0.444. The highest BCUT2D eigenvalue weighted by Crippen LogP contribution is 2.23. The smallest absolute Gasteiger partial charge is 0.471 e. The standard InChI is InChI=1S/C18H21F3N2O3/c1-26-15-5-3-2-4-14(15)6-7-16(24)22-12-13-8-10-23(11-9-13)17(25)18(19,20)21/h2-7,13H,8-12H2,1H3,(H,22,24)/b7-6+. The highest BCUT2D eigenvalue weighted by atomic mass is 19.4. The van der Waals surface area contributed by atoms with E-state index < -0.39 is 12.1 Å². The van der Waals surface area contributed by atoms with Crippen molar-refractivity contribution in [3.8, 4) is 5.75 Å². The number of hydrogen-bond acceptors (Lipinski definition) is 3. The quantitative estimate of drug-likeness (QED) is 0.811. The van der Waals surface area contributed by atoms with Gasteiger partial charge in [0, 0.05) is 31.3 Å². The minimum atomic E-state index is -4.83. The lowest BCUT2D eigenvalue weighted by molar-refractivity contribution is -0.186. The summed E-state index contributed by atoms with van der Waals surface area (Å²) in [6.07, 6.45) is -0.945. The van der Waals surface area contributed by atoms with Gasteiger partial charge in [0.1, 0.15) is 5.75 Å². The minimum Gasteiger partial charge on any atom is -0.496 e. The first-order valence-electron chi connectivity index (χ1n) is 8.26. The third-order valence-corrected chi connectivity index (χ3v) is 4.26. The van der Waals surface area contributed by atoms with Crippen LogP contribution in [0.15, 0.2) is 30.3 Å². The van der Waals surface area contributed by atoms with Crippen molar-refractivity contribution in [1.29, 1.82) is 0 Å². The number of para-hydroxylation sites is 1. The van der Waals surface area contributed by atoms with Crippen LogP contribution in [-0.2, 0) is 9.59 Å². The molecule has 0 atom stereocenters. The first kappa shape index (κ1) is 19.8. The number of methoxy groups -OCH3 is 1. The van der Waals surface area contributed by atoms with Crippen molar-refractivity contribution < 1.29 is 27.5 Å². The predicted octanol–water partition coefficient (Wildman–Crippen LogP) is 2.63. The Hall–Kier alpha value is -2.51. The normalized spacial score (nSPS) is 15.9. The van der Waals surface area contributed by atoms with Gasteiger partial charge in [0.2, 0.25) is 5.91 Å². The van der Waals surface area contributed by atoms with E-state index in [1.54, 1.807) is 19.3 Å². The zero-order valence-corrected chi connectivity index (χ0v) is 14.4. The van der Waals surface area contributed by atoms with Gasteiger partial charge in [0.05, 0.1) is 7.11 Å². The Labute approximate surface area is 149 Å². The summed E-state index contributed by atoms with van der Waals surface area (Å²) in [5, 5.41) is 2.74. The molecule has 0 radical (unpaired) electrons. The number of nitrogens with one attached hydrogen (secondary N) is 1. The van der Waals surface area contributed by atoms with Gasteiger partial charge in [0.15, 0.2) is 0 Å². The molecule has 1 aliphatic heterocycles. The molecule has 1 aromatic rings. The van der Waals surface area contributed by atoms with Crippen LogP contribution in [0.2, 0.25) is 0 Å². The summed E-state index contributed by atoms with van der Waals surface area (Å²) in [5.41, 5.74) is 0.768. The Balaban J connectivity index is 1.77. The SMILES string of the molecule is COc1ccccc1/C=C/C(=O)NCC1CCN(C(=O)C(F)(F)F)CC1. The van der Waals surface area contributed by atoms with Gasteiger partial charge in [-0.25, -0.2) is 0 Å². The van der Waals surface area contributed by atoms with E-state index in [1.807, 2.05) is 18.2 Å². The third kappa shape index (κ3) is 5.50. The highest BCUT2D eigenvalue weighted by molar-refractivity contribution is 5.92. The summed E-state index contributed by atoms with van der Waals surface area (Å²) in [7, 11) is 1.54. The molecule has 0 unspecified atom stereocenters. The summed E-state index contributed by atoms with van der Waals surface area (Å²) in [6, 6.07) is 7.26. The number of carbonyl (C=O) groups excluding carboxylic acids is 2. The molecule has 0 spiro atoms. The fourth-order valence-electron chi connectivity index (χ4n) is 2.79. The Bertz CT molecular complexity index is 666. The van der Waals surface area contributed by atoms with Crippen LogP contribution in [0.25, 0.3) is 6.08 Å². The molecule has 8 heteroatoms. The minimum absolute atomic E-state index is 0.0515. The molecular formula is C18H21F3N2O3. The molecule has 1 N–H and O–H groups in total. The van der Waals surface area contributed by atoms with Gasteiger partial charge in [-0.2, -0.15) is 13.2 Å². The number of rotatable bonds is 5. The highest BCUT2D eigenvalue weighted by Gasteiger charge is 2.43. The number of amides is 2. The molecule has 1 aromatic carbocycles. The van der Waals surface area contributed by atoms with E-state index in [-0.39, 0.29) is 24.9 Å². The first-order valence-corrected chi connectivity index (χ1v) is 8.26. The zero-order chi connectivity index (χ0) is 19.2. The second-order valence-corrected chi connectivity index (χ2v) is 6.05. The molecule has 26 heavy (non-hydrogen) atoms. The van der Waals surface area contributed by atoms with Crippen LogP contribution in [0.5, 0.6) is 5.75 Å². The van der Waals surface area contributed by atoms with Crippen LogP contribution < -0.4 is 10.1 Å². The van der Waals surface area contributed by atoms with Crippen LogP contribution in [0.4, 0.5) is 13.2 Å². The van der Waals surface area contributed by atoms with Gasteiger partial charge in [0.25, 0.3) is 0 Å². The second kappa shape index (κ2) is 8.73. The van der Waals surface area contributed by atoms with Crippen LogP contribution >= 0.6 is 0 Å². The van der Waals surface area contributed by atoms with E-state index in [2.05, 4.69) is 5.32 Å². The van der Waals surface area contributed by atoms with Crippen LogP contribution in [0, 0.1) is 5.92 Å². The molecule has 1 saturated heterocycles. The molecule has 0 saturated carbocycles. The van der Waals surface area contributed by atoms with E-state index >= 15 is 0 Å². The molecule has 0 bridgehead atoms. The third-order valence-electron chi connectivity index (χ3n) is 4.26. The number of likely N-dealkylation sites (tertiary alicyclic amines) is 1. The number of carbonyl (C=O) groups is 2. The number of piperidine rings is 1. The Kier molecular flexibility index (Phi) is 6.65. The van der Waals surface area contributed by atoms with Crippen LogP contribution in [0.1, 0.15) is 18.4 Å². The van der Waals surface area contributed by atoms with Crippen LogP contribution in [-0.4, -0.2) is 49.6 Å². The molecule has 5 nitrogen and oxygen atoms in total. The molecule has 1 heterocycles. The second-order valence-electron chi connectivity index (χ2n) is 6.05. The van der Waals surface area contributed by atoms with Gasteiger partial charge >= 0.3 is 12.1 Å². The molecular weight excluding hydrogens is 349 g/mol. The zero-order valence-electron chi connectivity index (χ0n) is 14.4. The first-order chi connectivity index (χ1) is 12.3. The lowest BCUT2D eigenvalue weighted by Crippen LogP contribution is -2.46. The van der Waals surface area contributed by atoms with Gasteiger partial charge < -0.3 is 15.0 Å². The van der Waals surface area contributed by atoms with Gasteiger partial charge in [-0.05, 0) is 30.9 Å². The molecule has 1 aliphatic rings. The average molecular weight is 370 g/mol. The van der Waals surface area contributed by atoms with Gasteiger partial charge in [-0.3, -0.25) is 9.59 Å². The Morgan fingerprint density at radius 1 is 1.27 bits per heavy atom. The van der Waals surface area contributed by atoms with Gasteiger partial charge in [-0.1, -0.05) is 18.2 Å². The van der Waals surface area contributed by atoms with Crippen LogP contribution in [0.3, 0.4) is 0 Å². The predicted molar refractivity (Wildman–Crippen MR) is 90.4 cm³/mol. The van der Waals surface area contributed by atoms with E-state index in [4.69, 9.17) is 4.74 Å². The summed E-state index contributed by atoms with van der Waals surface area (Å²) in [4.78, 5) is 23.9.